The first kappa shape index (κ1) is 12.1. The van der Waals surface area contributed by atoms with Crippen molar-refractivity contribution >= 4 is 5.97 Å². The van der Waals surface area contributed by atoms with Gasteiger partial charge in [0, 0.05) is 6.42 Å². The zero-order valence-electron chi connectivity index (χ0n) is 8.68. The number of hydrogen-bond donors (Lipinski definition) is 3. The van der Waals surface area contributed by atoms with Gasteiger partial charge in [0.25, 0.3) is 0 Å². The van der Waals surface area contributed by atoms with Gasteiger partial charge in [-0.25, -0.2) is 0 Å². The summed E-state index contributed by atoms with van der Waals surface area (Å²) in [6.45, 7) is 0. The van der Waals surface area contributed by atoms with Gasteiger partial charge in [-0.1, -0.05) is 6.07 Å². The summed E-state index contributed by atoms with van der Waals surface area (Å²) in [5, 5.41) is 18.0. The van der Waals surface area contributed by atoms with E-state index in [-0.39, 0.29) is 12.2 Å². The van der Waals surface area contributed by atoms with Gasteiger partial charge < -0.3 is 15.9 Å². The standard InChI is InChI=1S/C12H13NO3/c1-2-3-8-6-10(14)5-4-9(8)7-11(13)12(15)16/h1,4-6,11,14H,3,7,13H2,(H,15,16). The number of phenols is 1. The normalized spacial score (nSPS) is 11.8. The van der Waals surface area contributed by atoms with E-state index in [1.807, 2.05) is 0 Å². The molecule has 0 amide bonds. The molecule has 1 aromatic rings. The molecule has 0 saturated carbocycles. The van der Waals surface area contributed by atoms with Gasteiger partial charge >= 0.3 is 5.97 Å². The first-order valence-corrected chi connectivity index (χ1v) is 4.77. The summed E-state index contributed by atoms with van der Waals surface area (Å²) in [4.78, 5) is 10.6. The van der Waals surface area contributed by atoms with E-state index in [0.717, 1.165) is 11.1 Å². The molecule has 1 atom stereocenters. The number of benzene rings is 1. The molecule has 0 saturated heterocycles. The van der Waals surface area contributed by atoms with Crippen LogP contribution in [-0.2, 0) is 17.6 Å². The maximum absolute atomic E-state index is 10.6. The second-order valence-corrected chi connectivity index (χ2v) is 3.48. The molecule has 0 heterocycles. The Balaban J connectivity index is 2.95. The predicted octanol–water partition coefficient (Wildman–Crippen LogP) is 0.522. The number of rotatable bonds is 4. The summed E-state index contributed by atoms with van der Waals surface area (Å²) < 4.78 is 0. The van der Waals surface area contributed by atoms with E-state index in [4.69, 9.17) is 17.3 Å². The van der Waals surface area contributed by atoms with Crippen molar-refractivity contribution in [3.63, 3.8) is 0 Å². The topological polar surface area (TPSA) is 83.5 Å². The monoisotopic (exact) mass is 219 g/mol. The second-order valence-electron chi connectivity index (χ2n) is 3.48. The molecule has 84 valence electrons. The predicted molar refractivity (Wildman–Crippen MR) is 60.0 cm³/mol. The average molecular weight is 219 g/mol. The van der Waals surface area contributed by atoms with Crippen LogP contribution >= 0.6 is 0 Å². The van der Waals surface area contributed by atoms with Gasteiger partial charge in [0.15, 0.2) is 0 Å². The number of aliphatic carboxylic acids is 1. The number of aromatic hydroxyl groups is 1. The van der Waals surface area contributed by atoms with Crippen molar-refractivity contribution in [1.29, 1.82) is 0 Å². The minimum atomic E-state index is -1.06. The Bertz CT molecular complexity index is 434. The zero-order chi connectivity index (χ0) is 12.1. The fourth-order valence-electron chi connectivity index (χ4n) is 1.41. The van der Waals surface area contributed by atoms with Crippen molar-refractivity contribution < 1.29 is 15.0 Å². The van der Waals surface area contributed by atoms with E-state index >= 15 is 0 Å². The summed E-state index contributed by atoms with van der Waals surface area (Å²) in [7, 11) is 0. The van der Waals surface area contributed by atoms with Crippen LogP contribution in [0, 0.1) is 12.3 Å². The largest absolute Gasteiger partial charge is 0.508 e. The van der Waals surface area contributed by atoms with Gasteiger partial charge in [0.2, 0.25) is 0 Å². The highest BCUT2D eigenvalue weighted by Gasteiger charge is 2.14. The molecule has 0 aliphatic heterocycles. The summed E-state index contributed by atoms with van der Waals surface area (Å²) in [5.41, 5.74) is 6.93. The van der Waals surface area contributed by atoms with Crippen LogP contribution in [-0.4, -0.2) is 22.2 Å². The van der Waals surface area contributed by atoms with Crippen molar-refractivity contribution in [3.8, 4) is 18.1 Å². The Morgan fingerprint density at radius 1 is 1.50 bits per heavy atom. The third kappa shape index (κ3) is 3.01. The van der Waals surface area contributed by atoms with Crippen LogP contribution in [0.25, 0.3) is 0 Å². The Morgan fingerprint density at radius 2 is 2.19 bits per heavy atom. The highest BCUT2D eigenvalue weighted by Crippen LogP contribution is 2.18. The number of carboxylic acids is 1. The molecule has 4 nitrogen and oxygen atoms in total. The van der Waals surface area contributed by atoms with Gasteiger partial charge in [-0.3, -0.25) is 4.79 Å². The highest BCUT2D eigenvalue weighted by molar-refractivity contribution is 5.73. The molecule has 0 spiro atoms. The lowest BCUT2D eigenvalue weighted by molar-refractivity contribution is -0.138. The molecule has 4 heteroatoms. The third-order valence-electron chi connectivity index (χ3n) is 2.24. The Morgan fingerprint density at radius 3 is 2.75 bits per heavy atom. The minimum absolute atomic E-state index is 0.109. The van der Waals surface area contributed by atoms with Crippen molar-refractivity contribution in [2.75, 3.05) is 0 Å². The van der Waals surface area contributed by atoms with Gasteiger partial charge in [0.1, 0.15) is 11.8 Å². The first-order valence-electron chi connectivity index (χ1n) is 4.77. The summed E-state index contributed by atoms with van der Waals surface area (Å²) >= 11 is 0. The first-order chi connectivity index (χ1) is 7.54. The van der Waals surface area contributed by atoms with Crippen LogP contribution in [0.1, 0.15) is 11.1 Å². The number of terminal acetylenes is 1. The van der Waals surface area contributed by atoms with Gasteiger partial charge in [-0.2, -0.15) is 0 Å². The zero-order valence-corrected chi connectivity index (χ0v) is 8.68. The second kappa shape index (κ2) is 5.19. The number of hydrogen-bond acceptors (Lipinski definition) is 3. The lowest BCUT2D eigenvalue weighted by Crippen LogP contribution is -2.32. The lowest BCUT2D eigenvalue weighted by Gasteiger charge is -2.10. The number of nitrogens with two attached hydrogens (primary N) is 1. The SMILES string of the molecule is C#CCc1cc(O)ccc1CC(N)C(=O)O. The maximum Gasteiger partial charge on any atom is 0.320 e. The van der Waals surface area contributed by atoms with E-state index in [1.165, 1.54) is 12.1 Å². The summed E-state index contributed by atoms with van der Waals surface area (Å²) in [6.07, 6.45) is 5.74. The van der Waals surface area contributed by atoms with Crippen LogP contribution < -0.4 is 5.73 Å². The van der Waals surface area contributed by atoms with Gasteiger partial charge in [0.05, 0.1) is 0 Å². The Kier molecular flexibility index (Phi) is 3.92. The maximum atomic E-state index is 10.6. The smallest absolute Gasteiger partial charge is 0.320 e. The van der Waals surface area contributed by atoms with Crippen LogP contribution in [0.2, 0.25) is 0 Å². The molecule has 16 heavy (non-hydrogen) atoms. The lowest BCUT2D eigenvalue weighted by atomic mass is 9.98. The molecular weight excluding hydrogens is 206 g/mol. The molecule has 1 aromatic carbocycles. The number of carbonyl (C=O) groups is 1. The summed E-state index contributed by atoms with van der Waals surface area (Å²) in [6, 6.07) is 3.71. The van der Waals surface area contributed by atoms with E-state index in [1.54, 1.807) is 6.07 Å². The van der Waals surface area contributed by atoms with E-state index < -0.39 is 12.0 Å². The fraction of sp³-hybridized carbons (Fsp3) is 0.250. The molecular formula is C12H13NO3. The molecule has 4 N–H and O–H groups in total. The fourth-order valence-corrected chi connectivity index (χ4v) is 1.41. The molecule has 0 radical (unpaired) electrons. The molecule has 0 fully saturated rings. The van der Waals surface area contributed by atoms with E-state index in [0.29, 0.717) is 6.42 Å². The third-order valence-corrected chi connectivity index (χ3v) is 2.24. The highest BCUT2D eigenvalue weighted by atomic mass is 16.4. The van der Waals surface area contributed by atoms with Crippen molar-refractivity contribution in [1.82, 2.24) is 0 Å². The van der Waals surface area contributed by atoms with Gasteiger partial charge in [-0.05, 0) is 29.7 Å². The Labute approximate surface area is 93.7 Å². The van der Waals surface area contributed by atoms with Crippen molar-refractivity contribution in [2.45, 2.75) is 18.9 Å². The molecule has 1 rings (SSSR count). The Hall–Kier alpha value is -1.99. The van der Waals surface area contributed by atoms with Crippen molar-refractivity contribution in [3.05, 3.63) is 29.3 Å². The van der Waals surface area contributed by atoms with Crippen molar-refractivity contribution in [2.24, 2.45) is 5.73 Å². The molecule has 0 aromatic heterocycles. The molecule has 1 unspecified atom stereocenters. The summed E-state index contributed by atoms with van der Waals surface area (Å²) in [5.74, 6) is 1.51. The van der Waals surface area contributed by atoms with Gasteiger partial charge in [-0.15, -0.1) is 12.3 Å². The number of phenolic OH excluding ortho intramolecular Hbond substituents is 1. The van der Waals surface area contributed by atoms with Crippen LogP contribution in [0.5, 0.6) is 5.75 Å². The van der Waals surface area contributed by atoms with Crippen LogP contribution in [0.15, 0.2) is 18.2 Å². The molecule has 0 bridgehead atoms. The van der Waals surface area contributed by atoms with E-state index in [9.17, 15) is 9.90 Å². The van der Waals surface area contributed by atoms with Crippen LogP contribution in [0.3, 0.4) is 0 Å². The quantitative estimate of drug-likeness (QED) is 0.645. The minimum Gasteiger partial charge on any atom is -0.508 e. The van der Waals surface area contributed by atoms with E-state index in [2.05, 4.69) is 5.92 Å². The molecule has 0 aliphatic rings. The van der Waals surface area contributed by atoms with Crippen LogP contribution in [0.4, 0.5) is 0 Å². The average Bonchev–Trinajstić information content (AvgIpc) is 2.22. The number of carboxylic acid groups (broad SMARTS) is 1. The molecule has 0 aliphatic carbocycles.